The molecule has 9 nitrogen and oxygen atoms in total. The highest BCUT2D eigenvalue weighted by atomic mass is 35.5. The maximum atomic E-state index is 14.0. The molecule has 0 saturated carbocycles. The fourth-order valence-corrected chi connectivity index (χ4v) is 5.87. The van der Waals surface area contributed by atoms with Gasteiger partial charge in [-0.05, 0) is 62.7 Å². The third-order valence-corrected chi connectivity index (χ3v) is 7.87. The van der Waals surface area contributed by atoms with Gasteiger partial charge in [-0.25, -0.2) is 4.99 Å². The Bertz CT molecular complexity index is 1640. The number of carbonyl (C=O) groups excluding carboxylic acids is 1. The number of thiazole rings is 1. The minimum Gasteiger partial charge on any atom is -0.503 e. The summed E-state index contributed by atoms with van der Waals surface area (Å²) in [6.07, 6.45) is 1.66. The van der Waals surface area contributed by atoms with Crippen molar-refractivity contribution in [2.75, 3.05) is 34.4 Å². The number of halogens is 1. The standard InChI is InChI=1S/C28H30ClN3O6S/c1-7-31(8-2)27(35)23-15(3)30-28-32(24(23)18-14-17(36-4)9-10-20(18)37-5)26(34)22(39-28)13-16-11-19(29)25(33)21(12-16)38-6/h9-14,24,33H,7-8H2,1-6H3/b22-13+/t24-/m0/s1. The predicted molar refractivity (Wildman–Crippen MR) is 151 cm³/mol. The Hall–Kier alpha value is -3.76. The minimum atomic E-state index is -0.806. The number of carbonyl (C=O) groups is 1. The van der Waals surface area contributed by atoms with Gasteiger partial charge in [0.15, 0.2) is 16.3 Å². The van der Waals surface area contributed by atoms with Crippen molar-refractivity contribution < 1.29 is 24.1 Å². The first-order valence-corrected chi connectivity index (χ1v) is 13.5. The molecule has 1 atom stereocenters. The summed E-state index contributed by atoms with van der Waals surface area (Å²) in [6, 6.07) is 7.61. The van der Waals surface area contributed by atoms with Crippen LogP contribution in [0.15, 0.2) is 51.4 Å². The second-order valence-corrected chi connectivity index (χ2v) is 10.1. The van der Waals surface area contributed by atoms with Crippen LogP contribution in [0.3, 0.4) is 0 Å². The van der Waals surface area contributed by atoms with Crippen LogP contribution >= 0.6 is 22.9 Å². The number of rotatable bonds is 8. The molecular weight excluding hydrogens is 542 g/mol. The molecule has 0 radical (unpaired) electrons. The van der Waals surface area contributed by atoms with E-state index < -0.39 is 6.04 Å². The Morgan fingerprint density at radius 3 is 2.44 bits per heavy atom. The molecule has 1 N–H and O–H groups in total. The summed E-state index contributed by atoms with van der Waals surface area (Å²) in [5.74, 6) is 0.857. The number of fused-ring (bicyclic) bond motifs is 1. The number of methoxy groups -OCH3 is 3. The summed E-state index contributed by atoms with van der Waals surface area (Å²) in [7, 11) is 4.51. The first-order valence-electron chi connectivity index (χ1n) is 12.3. The van der Waals surface area contributed by atoms with Crippen LogP contribution in [0.5, 0.6) is 23.0 Å². The predicted octanol–water partition coefficient (Wildman–Crippen LogP) is 3.49. The second kappa shape index (κ2) is 11.5. The van der Waals surface area contributed by atoms with Crippen LogP contribution in [0.25, 0.3) is 6.08 Å². The normalized spacial score (nSPS) is 15.1. The quantitative estimate of drug-likeness (QED) is 0.444. The highest BCUT2D eigenvalue weighted by Gasteiger charge is 2.36. The number of aromatic hydroxyl groups is 1. The number of likely N-dealkylation sites (N-methyl/N-ethyl adjacent to an activating group) is 1. The molecule has 1 aliphatic rings. The molecule has 3 aromatic rings. The summed E-state index contributed by atoms with van der Waals surface area (Å²) in [4.78, 5) is 34.7. The van der Waals surface area contributed by atoms with E-state index in [-0.39, 0.29) is 28.0 Å². The van der Waals surface area contributed by atoms with Crippen molar-refractivity contribution in [2.24, 2.45) is 4.99 Å². The van der Waals surface area contributed by atoms with E-state index in [1.807, 2.05) is 13.8 Å². The third-order valence-electron chi connectivity index (χ3n) is 6.60. The lowest BCUT2D eigenvalue weighted by atomic mass is 9.93. The van der Waals surface area contributed by atoms with E-state index in [0.29, 0.717) is 56.3 Å². The maximum Gasteiger partial charge on any atom is 0.271 e. The number of phenolic OH excluding ortho intramolecular Hbond substituents is 1. The van der Waals surface area contributed by atoms with Crippen molar-refractivity contribution in [2.45, 2.75) is 26.8 Å². The Morgan fingerprint density at radius 1 is 1.13 bits per heavy atom. The highest BCUT2D eigenvalue weighted by Crippen LogP contribution is 2.38. The minimum absolute atomic E-state index is 0.0929. The summed E-state index contributed by atoms with van der Waals surface area (Å²) in [6.45, 7) is 6.59. The number of phenols is 1. The molecule has 1 amide bonds. The van der Waals surface area contributed by atoms with Crippen LogP contribution in [0.1, 0.15) is 37.9 Å². The molecule has 2 heterocycles. The van der Waals surface area contributed by atoms with Gasteiger partial charge < -0.3 is 24.2 Å². The van der Waals surface area contributed by atoms with Gasteiger partial charge in [0.05, 0.1) is 42.2 Å². The van der Waals surface area contributed by atoms with Crippen molar-refractivity contribution in [3.8, 4) is 23.0 Å². The lowest BCUT2D eigenvalue weighted by molar-refractivity contribution is -0.127. The van der Waals surface area contributed by atoms with E-state index in [2.05, 4.69) is 0 Å². The molecule has 0 saturated heterocycles. The molecule has 39 heavy (non-hydrogen) atoms. The second-order valence-electron chi connectivity index (χ2n) is 8.72. The van der Waals surface area contributed by atoms with Gasteiger partial charge in [-0.2, -0.15) is 0 Å². The fourth-order valence-electron chi connectivity index (χ4n) is 4.61. The number of nitrogens with zero attached hydrogens (tertiary/aromatic N) is 3. The Balaban J connectivity index is 2.03. The number of ether oxygens (including phenoxy) is 3. The van der Waals surface area contributed by atoms with Gasteiger partial charge in [0, 0.05) is 18.7 Å². The summed E-state index contributed by atoms with van der Waals surface area (Å²) in [5.41, 5.74) is 1.73. The van der Waals surface area contributed by atoms with E-state index in [1.165, 1.54) is 23.0 Å². The van der Waals surface area contributed by atoms with E-state index in [1.54, 1.807) is 62.5 Å². The lowest BCUT2D eigenvalue weighted by Crippen LogP contribution is -2.43. The monoisotopic (exact) mass is 571 g/mol. The zero-order valence-corrected chi connectivity index (χ0v) is 24.1. The Labute approximate surface area is 234 Å². The van der Waals surface area contributed by atoms with Gasteiger partial charge in [-0.1, -0.05) is 22.9 Å². The molecule has 206 valence electrons. The average Bonchev–Trinajstić information content (AvgIpc) is 3.23. The van der Waals surface area contributed by atoms with E-state index >= 15 is 0 Å². The molecular formula is C28H30ClN3O6S. The Kier molecular flexibility index (Phi) is 8.36. The van der Waals surface area contributed by atoms with Crippen molar-refractivity contribution in [1.82, 2.24) is 9.47 Å². The molecule has 1 aromatic heterocycles. The van der Waals surface area contributed by atoms with E-state index in [0.717, 1.165) is 0 Å². The van der Waals surface area contributed by atoms with Gasteiger partial charge >= 0.3 is 0 Å². The molecule has 0 aliphatic carbocycles. The van der Waals surface area contributed by atoms with Crippen molar-refractivity contribution in [1.29, 1.82) is 0 Å². The molecule has 11 heteroatoms. The molecule has 0 unspecified atom stereocenters. The van der Waals surface area contributed by atoms with Crippen LogP contribution in [-0.2, 0) is 4.79 Å². The average molecular weight is 572 g/mol. The number of hydrogen-bond acceptors (Lipinski definition) is 8. The van der Waals surface area contributed by atoms with Crippen LogP contribution < -0.4 is 29.1 Å². The number of hydrogen-bond donors (Lipinski definition) is 1. The van der Waals surface area contributed by atoms with Crippen LogP contribution in [0.2, 0.25) is 5.02 Å². The zero-order chi connectivity index (χ0) is 28.4. The van der Waals surface area contributed by atoms with Crippen molar-refractivity contribution in [3.05, 3.63) is 77.4 Å². The third kappa shape index (κ3) is 5.14. The van der Waals surface area contributed by atoms with Crippen molar-refractivity contribution >= 4 is 34.9 Å². The molecule has 2 aromatic carbocycles. The van der Waals surface area contributed by atoms with E-state index in [9.17, 15) is 14.7 Å². The SMILES string of the molecule is CCN(CC)C(=O)C1=C(C)N=c2s/c(=C/c3cc(Cl)c(O)c(OC)c3)c(=O)n2[C@H]1c1cc(OC)ccc1OC. The van der Waals surface area contributed by atoms with Gasteiger partial charge in [-0.15, -0.1) is 0 Å². The molecule has 0 spiro atoms. The topological polar surface area (TPSA) is 103 Å². The highest BCUT2D eigenvalue weighted by molar-refractivity contribution is 7.07. The lowest BCUT2D eigenvalue weighted by Gasteiger charge is -2.30. The number of aromatic nitrogens is 1. The van der Waals surface area contributed by atoms with E-state index in [4.69, 9.17) is 30.8 Å². The molecule has 0 fully saturated rings. The first-order chi connectivity index (χ1) is 18.7. The van der Waals surface area contributed by atoms with Gasteiger partial charge in [0.2, 0.25) is 0 Å². The number of benzene rings is 2. The molecule has 0 bridgehead atoms. The molecule has 4 rings (SSSR count). The van der Waals surface area contributed by atoms with Gasteiger partial charge in [-0.3, -0.25) is 14.2 Å². The van der Waals surface area contributed by atoms with Crippen LogP contribution in [0.4, 0.5) is 0 Å². The smallest absolute Gasteiger partial charge is 0.271 e. The Morgan fingerprint density at radius 2 is 1.82 bits per heavy atom. The number of amides is 1. The van der Waals surface area contributed by atoms with Gasteiger partial charge in [0.1, 0.15) is 17.5 Å². The van der Waals surface area contributed by atoms with Crippen LogP contribution in [-0.4, -0.2) is 54.9 Å². The molecule has 1 aliphatic heterocycles. The van der Waals surface area contributed by atoms with Crippen molar-refractivity contribution in [3.63, 3.8) is 0 Å². The fraction of sp³-hybridized carbons (Fsp3) is 0.321. The maximum absolute atomic E-state index is 14.0. The summed E-state index contributed by atoms with van der Waals surface area (Å²) < 4.78 is 18.3. The van der Waals surface area contributed by atoms with Gasteiger partial charge in [0.25, 0.3) is 11.5 Å². The summed E-state index contributed by atoms with van der Waals surface area (Å²) in [5, 5.41) is 10.2. The number of allylic oxidation sites excluding steroid dienone is 1. The first kappa shape index (κ1) is 28.3. The van der Waals surface area contributed by atoms with Crippen LogP contribution in [0, 0.1) is 0 Å². The largest absolute Gasteiger partial charge is 0.503 e. The summed E-state index contributed by atoms with van der Waals surface area (Å²) >= 11 is 7.37. The zero-order valence-electron chi connectivity index (χ0n) is 22.6.